The molecule has 0 unspecified atom stereocenters. The van der Waals surface area contributed by atoms with E-state index in [-0.39, 0.29) is 30.5 Å². The molecule has 2 aromatic rings. The minimum atomic E-state index is -0.208. The molecule has 3 N–H and O–H groups in total. The van der Waals surface area contributed by atoms with Crippen molar-refractivity contribution in [1.82, 2.24) is 14.9 Å². The standard InChI is InChI=1S/C22H28N4O5S/c1-15(26(14-28)13-18-12-24-16(2)25-21(18)23)20(8-9-27)32-22(29)17-4-6-19(7-5-17)31-11-10-30-3/h4-7,12,14,27H,8-11,13H2,1-3H3,(H2,23,24,25). The average molecular weight is 461 g/mol. The lowest BCUT2D eigenvalue weighted by Crippen LogP contribution is -2.22. The van der Waals surface area contributed by atoms with E-state index in [0.29, 0.717) is 52.9 Å². The second kappa shape index (κ2) is 12.8. The van der Waals surface area contributed by atoms with Gasteiger partial charge in [0.05, 0.1) is 13.2 Å². The maximum Gasteiger partial charge on any atom is 0.223 e. The molecule has 0 saturated heterocycles. The van der Waals surface area contributed by atoms with Crippen LogP contribution in [0.4, 0.5) is 5.82 Å². The number of anilines is 1. The summed E-state index contributed by atoms with van der Waals surface area (Å²) < 4.78 is 10.4. The van der Waals surface area contributed by atoms with Crippen molar-refractivity contribution in [3.63, 3.8) is 0 Å². The van der Waals surface area contributed by atoms with Crippen molar-refractivity contribution >= 4 is 29.1 Å². The molecule has 0 atom stereocenters. The third-order valence-corrected chi connectivity index (χ3v) is 5.69. The molecule has 0 aliphatic heterocycles. The molecule has 0 saturated carbocycles. The van der Waals surface area contributed by atoms with Crippen LogP contribution in [0.15, 0.2) is 41.1 Å². The van der Waals surface area contributed by atoms with Gasteiger partial charge in [-0.25, -0.2) is 9.97 Å². The number of ether oxygens (including phenoxy) is 2. The van der Waals surface area contributed by atoms with E-state index in [0.717, 1.165) is 11.8 Å². The van der Waals surface area contributed by atoms with Crippen molar-refractivity contribution in [2.75, 3.05) is 32.7 Å². The Morgan fingerprint density at radius 2 is 2.00 bits per heavy atom. The summed E-state index contributed by atoms with van der Waals surface area (Å²) in [5.74, 6) is 1.46. The van der Waals surface area contributed by atoms with Gasteiger partial charge in [0.25, 0.3) is 0 Å². The lowest BCUT2D eigenvalue weighted by atomic mass is 10.2. The minimum Gasteiger partial charge on any atom is -0.491 e. The number of amides is 1. The maximum atomic E-state index is 12.8. The molecular weight excluding hydrogens is 432 g/mol. The van der Waals surface area contributed by atoms with E-state index < -0.39 is 0 Å². The Kier molecular flexibility index (Phi) is 10.1. The van der Waals surface area contributed by atoms with E-state index in [1.165, 1.54) is 4.90 Å². The van der Waals surface area contributed by atoms with Crippen LogP contribution < -0.4 is 10.5 Å². The molecule has 10 heteroatoms. The number of rotatable bonds is 12. The molecule has 2 rings (SSSR count). The third kappa shape index (κ3) is 7.33. The zero-order valence-electron chi connectivity index (χ0n) is 18.4. The highest BCUT2D eigenvalue weighted by Gasteiger charge is 2.17. The van der Waals surface area contributed by atoms with Crippen LogP contribution in [0.2, 0.25) is 0 Å². The van der Waals surface area contributed by atoms with Gasteiger partial charge in [0.2, 0.25) is 11.5 Å². The smallest absolute Gasteiger partial charge is 0.223 e. The fourth-order valence-corrected chi connectivity index (χ4v) is 3.66. The second-order valence-electron chi connectivity index (χ2n) is 6.80. The summed E-state index contributed by atoms with van der Waals surface area (Å²) in [4.78, 5) is 34.8. The SMILES string of the molecule is COCCOc1ccc(C(=O)SC(CCO)=C(C)N(C=O)Cc2cnc(C)nc2N)cc1. The van der Waals surface area contributed by atoms with Crippen LogP contribution in [-0.4, -0.2) is 58.4 Å². The van der Waals surface area contributed by atoms with Crippen LogP contribution in [0.25, 0.3) is 0 Å². The number of aryl methyl sites for hydroxylation is 1. The quantitative estimate of drug-likeness (QED) is 0.363. The molecule has 0 aliphatic rings. The predicted octanol–water partition coefficient (Wildman–Crippen LogP) is 2.54. The van der Waals surface area contributed by atoms with E-state index in [2.05, 4.69) is 9.97 Å². The number of carbonyl (C=O) groups excluding carboxylic acids is 2. The van der Waals surface area contributed by atoms with Gasteiger partial charge in [-0.05, 0) is 49.9 Å². The molecule has 0 spiro atoms. The molecule has 9 nitrogen and oxygen atoms in total. The minimum absolute atomic E-state index is 0.151. The lowest BCUT2D eigenvalue weighted by molar-refractivity contribution is -0.116. The highest BCUT2D eigenvalue weighted by atomic mass is 32.2. The van der Waals surface area contributed by atoms with E-state index in [1.807, 2.05) is 0 Å². The molecule has 1 heterocycles. The number of aliphatic hydroxyl groups excluding tert-OH is 1. The summed E-state index contributed by atoms with van der Waals surface area (Å²) in [6.07, 6.45) is 2.45. The lowest BCUT2D eigenvalue weighted by Gasteiger charge is -2.22. The highest BCUT2D eigenvalue weighted by molar-refractivity contribution is 8.17. The Balaban J connectivity index is 2.16. The van der Waals surface area contributed by atoms with E-state index in [9.17, 15) is 14.7 Å². The largest absolute Gasteiger partial charge is 0.491 e. The first-order chi connectivity index (χ1) is 15.4. The molecule has 0 fully saturated rings. The molecule has 1 aromatic heterocycles. The third-order valence-electron chi connectivity index (χ3n) is 4.52. The number of aliphatic hydroxyl groups is 1. The number of thioether (sulfide) groups is 1. The number of hydrogen-bond donors (Lipinski definition) is 2. The number of aromatic nitrogens is 2. The van der Waals surface area contributed by atoms with Gasteiger partial charge < -0.3 is 25.2 Å². The van der Waals surface area contributed by atoms with Crippen LogP contribution in [0, 0.1) is 6.92 Å². The predicted molar refractivity (Wildman–Crippen MR) is 123 cm³/mol. The number of carbonyl (C=O) groups is 2. The Hall–Kier alpha value is -2.95. The summed E-state index contributed by atoms with van der Waals surface area (Å²) in [5, 5.41) is 9.29. The molecule has 0 radical (unpaired) electrons. The van der Waals surface area contributed by atoms with Gasteiger partial charge in [0.1, 0.15) is 24.0 Å². The molecule has 172 valence electrons. The number of methoxy groups -OCH3 is 1. The van der Waals surface area contributed by atoms with Crippen LogP contribution in [0.3, 0.4) is 0 Å². The Labute approximate surface area is 191 Å². The molecule has 1 amide bonds. The van der Waals surface area contributed by atoms with Crippen molar-refractivity contribution in [2.24, 2.45) is 0 Å². The molecule has 32 heavy (non-hydrogen) atoms. The van der Waals surface area contributed by atoms with Crippen molar-refractivity contribution in [3.8, 4) is 5.75 Å². The van der Waals surface area contributed by atoms with E-state index in [1.54, 1.807) is 51.4 Å². The van der Waals surface area contributed by atoms with Gasteiger partial charge in [0.15, 0.2) is 0 Å². The maximum absolute atomic E-state index is 12.8. The summed E-state index contributed by atoms with van der Waals surface area (Å²) in [5.41, 5.74) is 7.55. The van der Waals surface area contributed by atoms with E-state index in [4.69, 9.17) is 15.2 Å². The Bertz CT molecular complexity index is 950. The first kappa shape index (κ1) is 25.3. The number of nitrogens with two attached hydrogens (primary N) is 1. The fraction of sp³-hybridized carbons (Fsp3) is 0.364. The number of allylic oxidation sites excluding steroid dienone is 1. The van der Waals surface area contributed by atoms with Crippen LogP contribution in [0.5, 0.6) is 5.75 Å². The van der Waals surface area contributed by atoms with Gasteiger partial charge in [-0.15, -0.1) is 0 Å². The average Bonchev–Trinajstić information content (AvgIpc) is 2.78. The molecule has 0 aliphatic carbocycles. The topological polar surface area (TPSA) is 128 Å². The zero-order valence-corrected chi connectivity index (χ0v) is 19.2. The van der Waals surface area contributed by atoms with E-state index >= 15 is 0 Å². The first-order valence-corrected chi connectivity index (χ1v) is 10.8. The van der Waals surface area contributed by atoms with Gasteiger partial charge in [0, 0.05) is 48.1 Å². The fourth-order valence-electron chi connectivity index (χ4n) is 2.72. The van der Waals surface area contributed by atoms with Crippen molar-refractivity contribution in [1.29, 1.82) is 0 Å². The van der Waals surface area contributed by atoms with Crippen LogP contribution >= 0.6 is 11.8 Å². The normalized spacial score (nSPS) is 11.6. The number of nitrogen functional groups attached to an aromatic ring is 1. The monoisotopic (exact) mass is 460 g/mol. The second-order valence-corrected chi connectivity index (χ2v) is 7.87. The Morgan fingerprint density at radius 3 is 2.59 bits per heavy atom. The van der Waals surface area contributed by atoms with Gasteiger partial charge >= 0.3 is 0 Å². The summed E-state index contributed by atoms with van der Waals surface area (Å²) in [7, 11) is 1.59. The summed E-state index contributed by atoms with van der Waals surface area (Å²) in [6.45, 7) is 4.32. The van der Waals surface area contributed by atoms with Crippen molar-refractivity contribution < 1.29 is 24.2 Å². The summed E-state index contributed by atoms with van der Waals surface area (Å²) >= 11 is 0.976. The molecule has 1 aromatic carbocycles. The number of nitrogens with zero attached hydrogens (tertiary/aromatic N) is 3. The zero-order chi connectivity index (χ0) is 23.5. The Morgan fingerprint density at radius 1 is 1.28 bits per heavy atom. The van der Waals surface area contributed by atoms with Gasteiger partial charge in [-0.3, -0.25) is 9.59 Å². The van der Waals surface area contributed by atoms with Crippen LogP contribution in [0.1, 0.15) is 35.1 Å². The molecule has 0 bridgehead atoms. The van der Waals surface area contributed by atoms with Gasteiger partial charge in [-0.1, -0.05) is 0 Å². The first-order valence-electron chi connectivity index (χ1n) is 9.94. The van der Waals surface area contributed by atoms with Crippen molar-refractivity contribution in [3.05, 3.63) is 58.0 Å². The van der Waals surface area contributed by atoms with Crippen molar-refractivity contribution in [2.45, 2.75) is 26.8 Å². The number of hydrogen-bond acceptors (Lipinski definition) is 9. The highest BCUT2D eigenvalue weighted by Crippen LogP contribution is 2.29. The summed E-state index contributed by atoms with van der Waals surface area (Å²) in [6, 6.07) is 6.77. The van der Waals surface area contributed by atoms with Gasteiger partial charge in [-0.2, -0.15) is 0 Å². The van der Waals surface area contributed by atoms with Crippen LogP contribution in [-0.2, 0) is 16.1 Å². The number of benzene rings is 1. The molecular formula is C22H28N4O5S.